The van der Waals surface area contributed by atoms with Crippen LogP contribution in [0.3, 0.4) is 0 Å². The Morgan fingerprint density at radius 3 is 2.75 bits per heavy atom. The highest BCUT2D eigenvalue weighted by Gasteiger charge is 2.12. The number of nitrogens with zero attached hydrogens (tertiary/aromatic N) is 1. The summed E-state index contributed by atoms with van der Waals surface area (Å²) in [5, 5.41) is 3.55. The van der Waals surface area contributed by atoms with Gasteiger partial charge in [-0.2, -0.15) is 0 Å². The van der Waals surface area contributed by atoms with Crippen molar-refractivity contribution in [2.75, 3.05) is 5.73 Å². The molecule has 0 aliphatic heterocycles. The van der Waals surface area contributed by atoms with Crippen LogP contribution in [0.5, 0.6) is 0 Å². The van der Waals surface area contributed by atoms with E-state index in [1.807, 2.05) is 25.1 Å². The number of pyridine rings is 1. The van der Waals surface area contributed by atoms with Crippen molar-refractivity contribution >= 4 is 23.2 Å². The first-order chi connectivity index (χ1) is 9.56. The second-order valence-corrected chi connectivity index (χ2v) is 4.98. The van der Waals surface area contributed by atoms with Gasteiger partial charge in [-0.05, 0) is 30.7 Å². The summed E-state index contributed by atoms with van der Waals surface area (Å²) in [4.78, 5) is 16.1. The Morgan fingerprint density at radius 1 is 1.35 bits per heavy atom. The largest absolute Gasteiger partial charge is 0.397 e. The van der Waals surface area contributed by atoms with E-state index < -0.39 is 0 Å². The fourth-order valence-electron chi connectivity index (χ4n) is 1.90. The molecule has 0 saturated carbocycles. The van der Waals surface area contributed by atoms with Crippen LogP contribution in [0.1, 0.15) is 24.2 Å². The average Bonchev–Trinajstić information content (AvgIpc) is 2.41. The number of amides is 1. The molecule has 0 radical (unpaired) electrons. The maximum atomic E-state index is 12.0. The lowest BCUT2D eigenvalue weighted by Gasteiger charge is -2.15. The monoisotopic (exact) mass is 289 g/mol. The van der Waals surface area contributed by atoms with Crippen LogP contribution in [-0.2, 0) is 11.2 Å². The van der Waals surface area contributed by atoms with Gasteiger partial charge in [-0.15, -0.1) is 0 Å². The predicted molar refractivity (Wildman–Crippen MR) is 80.4 cm³/mol. The minimum atomic E-state index is -0.148. The average molecular weight is 290 g/mol. The molecule has 2 rings (SSSR count). The van der Waals surface area contributed by atoms with Crippen LogP contribution in [-0.4, -0.2) is 10.9 Å². The molecule has 0 aliphatic rings. The fraction of sp³-hybridized carbons (Fsp3) is 0.200. The van der Waals surface area contributed by atoms with Crippen molar-refractivity contribution < 1.29 is 4.79 Å². The number of hydrogen-bond acceptors (Lipinski definition) is 3. The Labute approximate surface area is 123 Å². The molecule has 0 bridgehead atoms. The van der Waals surface area contributed by atoms with Crippen molar-refractivity contribution in [3.8, 4) is 0 Å². The van der Waals surface area contributed by atoms with Gasteiger partial charge in [0.15, 0.2) is 0 Å². The molecule has 0 aliphatic carbocycles. The van der Waals surface area contributed by atoms with E-state index in [9.17, 15) is 4.79 Å². The number of anilines is 1. The molecule has 1 heterocycles. The summed E-state index contributed by atoms with van der Waals surface area (Å²) in [6.45, 7) is 1.90. The van der Waals surface area contributed by atoms with Gasteiger partial charge in [0, 0.05) is 10.7 Å². The van der Waals surface area contributed by atoms with Crippen LogP contribution in [0.4, 0.5) is 5.69 Å². The third-order valence-electron chi connectivity index (χ3n) is 2.94. The molecular weight excluding hydrogens is 274 g/mol. The molecule has 0 saturated heterocycles. The topological polar surface area (TPSA) is 68.0 Å². The first kappa shape index (κ1) is 14.3. The van der Waals surface area contributed by atoms with Crippen molar-refractivity contribution in [2.24, 2.45) is 0 Å². The molecular formula is C15H16ClN3O. The van der Waals surface area contributed by atoms with Gasteiger partial charge in [0.1, 0.15) is 0 Å². The summed E-state index contributed by atoms with van der Waals surface area (Å²) >= 11 is 6.10. The van der Waals surface area contributed by atoms with E-state index in [1.165, 1.54) is 0 Å². The highest BCUT2D eigenvalue weighted by Crippen LogP contribution is 2.22. The molecule has 104 valence electrons. The van der Waals surface area contributed by atoms with E-state index in [1.54, 1.807) is 24.4 Å². The fourth-order valence-corrected chi connectivity index (χ4v) is 2.20. The van der Waals surface area contributed by atoms with Crippen molar-refractivity contribution in [1.82, 2.24) is 10.3 Å². The first-order valence-electron chi connectivity index (χ1n) is 6.30. The molecule has 1 amide bonds. The lowest BCUT2D eigenvalue weighted by atomic mass is 10.1. The molecule has 5 heteroatoms. The van der Waals surface area contributed by atoms with E-state index in [0.29, 0.717) is 16.4 Å². The van der Waals surface area contributed by atoms with E-state index in [2.05, 4.69) is 10.3 Å². The van der Waals surface area contributed by atoms with Crippen molar-refractivity contribution in [2.45, 2.75) is 19.4 Å². The molecule has 1 aromatic heterocycles. The number of nitrogen functional groups attached to an aromatic ring is 1. The Bertz CT molecular complexity index is 598. The SMILES string of the molecule is CC(NC(=O)Cc1ccc(N)cn1)c1ccccc1Cl. The lowest BCUT2D eigenvalue weighted by Crippen LogP contribution is -2.28. The predicted octanol–water partition coefficient (Wildman–Crippen LogP) is 2.74. The molecule has 2 aromatic rings. The van der Waals surface area contributed by atoms with E-state index in [4.69, 9.17) is 17.3 Å². The lowest BCUT2D eigenvalue weighted by molar-refractivity contribution is -0.121. The quantitative estimate of drug-likeness (QED) is 0.909. The Hall–Kier alpha value is -2.07. The zero-order valence-electron chi connectivity index (χ0n) is 11.1. The van der Waals surface area contributed by atoms with Crippen LogP contribution in [0.15, 0.2) is 42.6 Å². The van der Waals surface area contributed by atoms with Crippen LogP contribution in [0, 0.1) is 0 Å². The highest BCUT2D eigenvalue weighted by atomic mass is 35.5. The van der Waals surface area contributed by atoms with Gasteiger partial charge in [-0.1, -0.05) is 29.8 Å². The molecule has 1 atom stereocenters. The number of benzene rings is 1. The van der Waals surface area contributed by atoms with Crippen LogP contribution >= 0.6 is 11.6 Å². The Balaban J connectivity index is 1.98. The van der Waals surface area contributed by atoms with E-state index >= 15 is 0 Å². The number of nitrogens with one attached hydrogen (secondary N) is 1. The molecule has 20 heavy (non-hydrogen) atoms. The van der Waals surface area contributed by atoms with Crippen molar-refractivity contribution in [1.29, 1.82) is 0 Å². The van der Waals surface area contributed by atoms with Gasteiger partial charge in [0.05, 0.1) is 24.3 Å². The van der Waals surface area contributed by atoms with Gasteiger partial charge < -0.3 is 11.1 Å². The Kier molecular flexibility index (Phi) is 4.58. The third-order valence-corrected chi connectivity index (χ3v) is 3.28. The second-order valence-electron chi connectivity index (χ2n) is 4.57. The zero-order valence-corrected chi connectivity index (χ0v) is 11.9. The first-order valence-corrected chi connectivity index (χ1v) is 6.68. The molecule has 1 aromatic carbocycles. The molecule has 0 spiro atoms. The number of hydrogen-bond donors (Lipinski definition) is 2. The number of rotatable bonds is 4. The summed E-state index contributed by atoms with van der Waals surface area (Å²) in [6.07, 6.45) is 1.76. The summed E-state index contributed by atoms with van der Waals surface area (Å²) < 4.78 is 0. The summed E-state index contributed by atoms with van der Waals surface area (Å²) in [7, 11) is 0. The van der Waals surface area contributed by atoms with Crippen molar-refractivity contribution in [3.05, 3.63) is 58.9 Å². The highest BCUT2D eigenvalue weighted by molar-refractivity contribution is 6.31. The van der Waals surface area contributed by atoms with Crippen LogP contribution in [0.2, 0.25) is 5.02 Å². The van der Waals surface area contributed by atoms with Gasteiger partial charge in [0.25, 0.3) is 0 Å². The summed E-state index contributed by atoms with van der Waals surface area (Å²) in [5.41, 5.74) is 7.71. The molecule has 3 N–H and O–H groups in total. The second kappa shape index (κ2) is 6.39. The molecule has 1 unspecified atom stereocenters. The summed E-state index contributed by atoms with van der Waals surface area (Å²) in [5.74, 6) is -0.102. The maximum absolute atomic E-state index is 12.0. The number of carbonyl (C=O) groups is 1. The van der Waals surface area contributed by atoms with Gasteiger partial charge >= 0.3 is 0 Å². The maximum Gasteiger partial charge on any atom is 0.226 e. The van der Waals surface area contributed by atoms with Crippen LogP contribution < -0.4 is 11.1 Å². The van der Waals surface area contributed by atoms with Gasteiger partial charge in [-0.25, -0.2) is 0 Å². The number of nitrogens with two attached hydrogens (primary N) is 1. The minimum Gasteiger partial charge on any atom is -0.397 e. The number of aromatic nitrogens is 1. The van der Waals surface area contributed by atoms with Crippen molar-refractivity contribution in [3.63, 3.8) is 0 Å². The Morgan fingerprint density at radius 2 is 2.10 bits per heavy atom. The summed E-state index contributed by atoms with van der Waals surface area (Å²) in [6, 6.07) is 10.8. The van der Waals surface area contributed by atoms with E-state index in [-0.39, 0.29) is 18.4 Å². The van der Waals surface area contributed by atoms with Gasteiger partial charge in [0.2, 0.25) is 5.91 Å². The van der Waals surface area contributed by atoms with Crippen LogP contribution in [0.25, 0.3) is 0 Å². The standard InChI is InChI=1S/C15H16ClN3O/c1-10(13-4-2-3-5-14(13)16)19-15(20)8-12-7-6-11(17)9-18-12/h2-7,9-10H,8,17H2,1H3,(H,19,20). The zero-order chi connectivity index (χ0) is 14.5. The smallest absolute Gasteiger partial charge is 0.226 e. The number of carbonyl (C=O) groups excluding carboxylic acids is 1. The molecule has 4 nitrogen and oxygen atoms in total. The minimum absolute atomic E-state index is 0.102. The van der Waals surface area contributed by atoms with E-state index in [0.717, 1.165) is 5.56 Å². The third kappa shape index (κ3) is 3.71. The van der Waals surface area contributed by atoms with Gasteiger partial charge in [-0.3, -0.25) is 9.78 Å². The normalized spacial score (nSPS) is 11.9. The molecule has 0 fully saturated rings. The number of halogens is 1.